The van der Waals surface area contributed by atoms with Crippen LogP contribution in [-0.4, -0.2) is 24.9 Å². The Labute approximate surface area is 254 Å². The van der Waals surface area contributed by atoms with Gasteiger partial charge in [0.2, 0.25) is 0 Å². The van der Waals surface area contributed by atoms with Crippen molar-refractivity contribution in [3.8, 4) is 0 Å². The Morgan fingerprint density at radius 2 is 1.02 bits per heavy atom. The molecule has 0 radical (unpaired) electrons. The number of thioether (sulfide) groups is 1. The minimum absolute atomic E-state index is 0.313. The summed E-state index contributed by atoms with van der Waals surface area (Å²) >= 11 is 1.74. The van der Waals surface area contributed by atoms with Crippen molar-refractivity contribution >= 4 is 22.9 Å². The summed E-state index contributed by atoms with van der Waals surface area (Å²) in [5.41, 5.74) is 0.351. The molecule has 0 aromatic carbocycles. The maximum Gasteiger partial charge on any atom is 0.329 e. The van der Waals surface area contributed by atoms with Crippen LogP contribution in [0.4, 0.5) is 0 Å². The van der Waals surface area contributed by atoms with Gasteiger partial charge in [0, 0.05) is 19.3 Å². The van der Waals surface area contributed by atoms with Gasteiger partial charge in [-0.15, -0.1) is 0 Å². The van der Waals surface area contributed by atoms with Crippen molar-refractivity contribution in [3.63, 3.8) is 0 Å². The van der Waals surface area contributed by atoms with Crippen molar-refractivity contribution in [2.45, 2.75) is 180 Å². The second-order valence-corrected chi connectivity index (χ2v) is 13.2. The van der Waals surface area contributed by atoms with Gasteiger partial charge < -0.3 is 4.57 Å². The Hall–Kier alpha value is -1.50. The molecule has 0 aliphatic heterocycles. The molecular weight excluding hydrogens is 528 g/mol. The number of fused-ring (bicyclic) bond motifs is 1. The van der Waals surface area contributed by atoms with E-state index < -0.39 is 5.69 Å². The Balaban J connectivity index is 1.70. The highest BCUT2D eigenvalue weighted by molar-refractivity contribution is 7.99. The lowest BCUT2D eigenvalue weighted by molar-refractivity contribution is 0.519. The zero-order chi connectivity index (χ0) is 29.5. The number of hydrogen-bond donors (Lipinski definition) is 1. The zero-order valence-electron chi connectivity index (χ0n) is 27.0. The maximum absolute atomic E-state index is 12.8. The lowest BCUT2D eigenvalue weighted by Crippen LogP contribution is -2.29. The molecule has 41 heavy (non-hydrogen) atoms. The van der Waals surface area contributed by atoms with Gasteiger partial charge in [-0.05, 0) is 12.8 Å². The Bertz CT molecular complexity index is 1040. The van der Waals surface area contributed by atoms with Crippen molar-refractivity contribution in [2.24, 2.45) is 7.05 Å². The van der Waals surface area contributed by atoms with Crippen LogP contribution in [0, 0.1) is 0 Å². The second kappa shape index (κ2) is 23.0. The van der Waals surface area contributed by atoms with E-state index >= 15 is 0 Å². The molecule has 2 rings (SSSR count). The lowest BCUT2D eigenvalue weighted by Gasteiger charge is -2.09. The van der Waals surface area contributed by atoms with Crippen LogP contribution in [0.15, 0.2) is 14.7 Å². The van der Waals surface area contributed by atoms with Gasteiger partial charge in [0.25, 0.3) is 5.56 Å². The van der Waals surface area contributed by atoms with Crippen molar-refractivity contribution in [1.82, 2.24) is 19.1 Å². The molecule has 0 unspecified atom stereocenters. The van der Waals surface area contributed by atoms with Gasteiger partial charge in [-0.1, -0.05) is 167 Å². The summed E-state index contributed by atoms with van der Waals surface area (Å²) < 4.78 is 3.55. The van der Waals surface area contributed by atoms with E-state index in [0.717, 1.165) is 30.3 Å². The van der Waals surface area contributed by atoms with Gasteiger partial charge in [-0.2, -0.15) is 0 Å². The summed E-state index contributed by atoms with van der Waals surface area (Å²) in [7, 11) is 1.70. The number of hydrogen-bond acceptors (Lipinski definition) is 4. The first-order chi connectivity index (χ1) is 20.1. The fourth-order valence-corrected chi connectivity index (χ4v) is 6.77. The first kappa shape index (κ1) is 35.7. The van der Waals surface area contributed by atoms with Crippen LogP contribution in [0.5, 0.6) is 0 Å². The fourth-order valence-electron chi connectivity index (χ4n) is 5.75. The fraction of sp³-hybridized carbons (Fsp3) is 0.853. The quantitative estimate of drug-likeness (QED) is 0.0830. The second-order valence-electron chi connectivity index (χ2n) is 12.2. The molecular formula is C34H62N4O2S. The van der Waals surface area contributed by atoms with Crippen molar-refractivity contribution < 1.29 is 0 Å². The Kier molecular flexibility index (Phi) is 20.0. The third-order valence-electron chi connectivity index (χ3n) is 8.44. The largest absolute Gasteiger partial charge is 0.329 e. The first-order valence-electron chi connectivity index (χ1n) is 17.4. The van der Waals surface area contributed by atoms with E-state index in [1.54, 1.807) is 18.8 Å². The Morgan fingerprint density at radius 3 is 1.49 bits per heavy atom. The molecule has 0 bridgehead atoms. The summed E-state index contributed by atoms with van der Waals surface area (Å²) in [4.78, 5) is 32.2. The van der Waals surface area contributed by atoms with Crippen molar-refractivity contribution in [1.29, 1.82) is 0 Å². The molecule has 2 aromatic rings. The molecule has 1 N–H and O–H groups in total. The lowest BCUT2D eigenvalue weighted by atomic mass is 10.0. The molecule has 0 aliphatic carbocycles. The smallest absolute Gasteiger partial charge is 0.313 e. The van der Waals surface area contributed by atoms with Gasteiger partial charge in [0.15, 0.2) is 16.3 Å². The molecule has 0 atom stereocenters. The highest BCUT2D eigenvalue weighted by atomic mass is 32.2. The summed E-state index contributed by atoms with van der Waals surface area (Å²) in [5.74, 6) is 1.00. The number of unbranched alkanes of at least 4 members (excludes halogenated alkanes) is 22. The topological polar surface area (TPSA) is 72.7 Å². The predicted octanol–water partition coefficient (Wildman–Crippen LogP) is 9.92. The predicted molar refractivity (Wildman–Crippen MR) is 178 cm³/mol. The monoisotopic (exact) mass is 590 g/mol. The third-order valence-corrected chi connectivity index (χ3v) is 9.50. The highest BCUT2D eigenvalue weighted by Crippen LogP contribution is 2.24. The molecule has 2 aromatic heterocycles. The number of nitrogens with one attached hydrogen (secondary N) is 1. The molecule has 0 amide bonds. The van der Waals surface area contributed by atoms with E-state index in [2.05, 4.69) is 23.4 Å². The molecule has 0 spiro atoms. The Morgan fingerprint density at radius 1 is 0.610 bits per heavy atom. The summed E-state index contributed by atoms with van der Waals surface area (Å²) in [6.45, 7) is 5.34. The molecule has 6 nitrogen and oxygen atoms in total. The number of aryl methyl sites for hydroxylation is 2. The number of imidazole rings is 1. The van der Waals surface area contributed by atoms with Crippen LogP contribution in [0.1, 0.15) is 168 Å². The van der Waals surface area contributed by atoms with E-state index in [0.29, 0.717) is 11.2 Å². The summed E-state index contributed by atoms with van der Waals surface area (Å²) in [5, 5.41) is 0.886. The number of aromatic nitrogens is 4. The van der Waals surface area contributed by atoms with E-state index in [1.807, 2.05) is 0 Å². The molecule has 0 fully saturated rings. The van der Waals surface area contributed by atoms with E-state index in [-0.39, 0.29) is 5.56 Å². The van der Waals surface area contributed by atoms with Gasteiger partial charge in [0.05, 0.1) is 0 Å². The molecule has 0 saturated carbocycles. The van der Waals surface area contributed by atoms with Crippen LogP contribution in [0.25, 0.3) is 11.2 Å². The molecule has 0 saturated heterocycles. The third kappa shape index (κ3) is 14.5. The first-order valence-corrected chi connectivity index (χ1v) is 18.4. The van der Waals surface area contributed by atoms with Gasteiger partial charge >= 0.3 is 5.69 Å². The molecule has 236 valence electrons. The number of nitrogens with zero attached hydrogens (tertiary/aromatic N) is 3. The highest BCUT2D eigenvalue weighted by Gasteiger charge is 2.17. The van der Waals surface area contributed by atoms with E-state index in [1.165, 1.54) is 146 Å². The maximum atomic E-state index is 12.8. The SMILES string of the molecule is CCCCCCCCCCCCCCCCn1c(SCCCCCCCCCCCC)nc2c1c(=O)[nH]c(=O)n2C. The van der Waals surface area contributed by atoms with Crippen molar-refractivity contribution in [3.05, 3.63) is 20.8 Å². The number of aromatic amines is 1. The van der Waals surface area contributed by atoms with Crippen LogP contribution < -0.4 is 11.2 Å². The van der Waals surface area contributed by atoms with Crippen molar-refractivity contribution in [2.75, 3.05) is 5.75 Å². The minimum Gasteiger partial charge on any atom is -0.313 e. The van der Waals surface area contributed by atoms with Gasteiger partial charge in [-0.25, -0.2) is 9.78 Å². The number of H-pyrrole nitrogens is 1. The number of rotatable bonds is 27. The normalized spacial score (nSPS) is 11.7. The summed E-state index contributed by atoms with van der Waals surface area (Å²) in [6, 6.07) is 0. The minimum atomic E-state index is -0.394. The van der Waals surface area contributed by atoms with E-state index in [9.17, 15) is 9.59 Å². The van der Waals surface area contributed by atoms with Gasteiger partial charge in [-0.3, -0.25) is 14.3 Å². The average molecular weight is 591 g/mol. The molecule has 2 heterocycles. The zero-order valence-corrected chi connectivity index (χ0v) is 27.8. The summed E-state index contributed by atoms with van der Waals surface area (Å²) in [6.07, 6.45) is 31.9. The standard InChI is InChI=1S/C34H62N4O2S/c1-4-6-8-10-12-14-16-17-18-19-20-22-24-26-28-38-30-31(37(3)33(40)36-32(30)39)35-34(38)41-29-27-25-23-21-15-13-11-9-7-5-2/h4-29H2,1-3H3,(H,36,39,40). The van der Waals surface area contributed by atoms with Crippen LogP contribution in [0.2, 0.25) is 0 Å². The van der Waals surface area contributed by atoms with Crippen LogP contribution in [0.3, 0.4) is 0 Å². The average Bonchev–Trinajstić information content (AvgIpc) is 3.33. The van der Waals surface area contributed by atoms with Crippen LogP contribution >= 0.6 is 11.8 Å². The molecule has 0 aliphatic rings. The molecule has 7 heteroatoms. The van der Waals surface area contributed by atoms with Gasteiger partial charge in [0.1, 0.15) is 0 Å². The van der Waals surface area contributed by atoms with E-state index in [4.69, 9.17) is 4.98 Å². The van der Waals surface area contributed by atoms with Crippen LogP contribution in [-0.2, 0) is 13.6 Å².